The monoisotopic (exact) mass is 530 g/mol. The van der Waals surface area contributed by atoms with Gasteiger partial charge in [0, 0.05) is 6.42 Å². The number of benzene rings is 2. The number of carbonyl (C=O) groups is 2. The van der Waals surface area contributed by atoms with Crippen LogP contribution in [0, 0.1) is 0 Å². The molecule has 0 N–H and O–H groups in total. The molecule has 2 aliphatic rings. The molecule has 1 spiro atoms. The molecule has 1 aliphatic heterocycles. The maximum Gasteiger partial charge on any atom is 0.349 e. The lowest BCUT2D eigenvalue weighted by Gasteiger charge is -2.29. The van der Waals surface area contributed by atoms with E-state index in [0.717, 1.165) is 73.0 Å². The van der Waals surface area contributed by atoms with Gasteiger partial charge in [0.2, 0.25) is 0 Å². The Morgan fingerprint density at radius 3 is 2.44 bits per heavy atom. The highest BCUT2D eigenvalue weighted by Crippen LogP contribution is 2.39. The van der Waals surface area contributed by atoms with Crippen molar-refractivity contribution in [3.8, 4) is 5.75 Å². The zero-order chi connectivity index (χ0) is 28.0. The average Bonchev–Trinajstić information content (AvgIpc) is 3.17. The first kappa shape index (κ1) is 28.6. The van der Waals surface area contributed by atoms with Gasteiger partial charge in [-0.15, -0.1) is 0 Å². The standard InChI is InChI=1S/C33H42N2O4/c1-6-8-15-29-34-33(20-10-9-11-21-33)30(36)35(29)23-25-16-18-26(19-17-25)24(3)27-13-12-14-28(22-27)39-32(4,5)31(37)38-7-2/h12-14,16-19,22H,3,6-11,15,20-21,23H2,1-2,4-5H3. The number of amides is 1. The Labute approximate surface area is 233 Å². The van der Waals surface area contributed by atoms with Gasteiger partial charge < -0.3 is 9.47 Å². The van der Waals surface area contributed by atoms with Crippen LogP contribution in [-0.2, 0) is 20.9 Å². The van der Waals surface area contributed by atoms with Crippen LogP contribution in [0.3, 0.4) is 0 Å². The molecular formula is C33H42N2O4. The van der Waals surface area contributed by atoms with Gasteiger partial charge in [-0.25, -0.2) is 4.79 Å². The highest BCUT2D eigenvalue weighted by Gasteiger charge is 2.48. The van der Waals surface area contributed by atoms with Crippen molar-refractivity contribution >= 4 is 23.3 Å². The molecule has 39 heavy (non-hydrogen) atoms. The Balaban J connectivity index is 1.46. The van der Waals surface area contributed by atoms with Crippen molar-refractivity contribution in [1.82, 2.24) is 4.90 Å². The quantitative estimate of drug-likeness (QED) is 0.291. The van der Waals surface area contributed by atoms with Crippen LogP contribution in [0.1, 0.15) is 95.8 Å². The molecule has 0 radical (unpaired) electrons. The first-order valence-corrected chi connectivity index (χ1v) is 14.3. The van der Waals surface area contributed by atoms with Gasteiger partial charge in [-0.3, -0.25) is 14.7 Å². The van der Waals surface area contributed by atoms with Crippen LogP contribution in [0.4, 0.5) is 0 Å². The van der Waals surface area contributed by atoms with E-state index in [1.807, 2.05) is 41.3 Å². The third-order valence-corrected chi connectivity index (χ3v) is 7.70. The number of hydrogen-bond acceptors (Lipinski definition) is 5. The molecule has 0 atom stereocenters. The molecule has 1 amide bonds. The number of unbranched alkanes of at least 4 members (excludes halogenated alkanes) is 1. The maximum atomic E-state index is 13.6. The Kier molecular flexibility index (Phi) is 8.94. The van der Waals surface area contributed by atoms with Gasteiger partial charge in [0.25, 0.3) is 5.91 Å². The van der Waals surface area contributed by atoms with Crippen LogP contribution in [0.2, 0.25) is 0 Å². The predicted molar refractivity (Wildman–Crippen MR) is 156 cm³/mol. The van der Waals surface area contributed by atoms with Gasteiger partial charge in [0.15, 0.2) is 5.60 Å². The molecule has 6 nitrogen and oxygen atoms in total. The third kappa shape index (κ3) is 6.43. The van der Waals surface area contributed by atoms with Crippen LogP contribution in [-0.4, -0.2) is 40.4 Å². The summed E-state index contributed by atoms with van der Waals surface area (Å²) in [5, 5.41) is 0. The highest BCUT2D eigenvalue weighted by molar-refractivity contribution is 6.08. The Morgan fingerprint density at radius 1 is 1.05 bits per heavy atom. The number of nitrogens with zero attached hydrogens (tertiary/aromatic N) is 2. The Bertz CT molecular complexity index is 1220. The van der Waals surface area contributed by atoms with Gasteiger partial charge in [-0.1, -0.05) is 75.6 Å². The predicted octanol–water partition coefficient (Wildman–Crippen LogP) is 7.10. The van der Waals surface area contributed by atoms with Crippen molar-refractivity contribution in [3.05, 3.63) is 71.8 Å². The first-order chi connectivity index (χ1) is 18.7. The molecule has 1 saturated carbocycles. The van der Waals surface area contributed by atoms with Crippen LogP contribution >= 0.6 is 0 Å². The lowest BCUT2D eigenvalue weighted by atomic mass is 9.82. The summed E-state index contributed by atoms with van der Waals surface area (Å²) >= 11 is 0. The van der Waals surface area contributed by atoms with Crippen molar-refractivity contribution in [2.24, 2.45) is 4.99 Å². The van der Waals surface area contributed by atoms with E-state index in [9.17, 15) is 9.59 Å². The van der Waals surface area contributed by atoms with Gasteiger partial charge in [-0.05, 0) is 74.4 Å². The van der Waals surface area contributed by atoms with Crippen LogP contribution in [0.5, 0.6) is 5.75 Å². The van der Waals surface area contributed by atoms with Crippen LogP contribution in [0.15, 0.2) is 60.1 Å². The van der Waals surface area contributed by atoms with Gasteiger partial charge in [0.1, 0.15) is 17.1 Å². The zero-order valence-electron chi connectivity index (χ0n) is 23.9. The van der Waals surface area contributed by atoms with Crippen molar-refractivity contribution in [1.29, 1.82) is 0 Å². The minimum atomic E-state index is -1.10. The maximum absolute atomic E-state index is 13.6. The fraction of sp³-hybridized carbons (Fsp3) is 0.485. The molecule has 0 aromatic heterocycles. The van der Waals surface area contributed by atoms with Crippen molar-refractivity contribution in [2.45, 2.75) is 96.7 Å². The van der Waals surface area contributed by atoms with Gasteiger partial charge in [-0.2, -0.15) is 0 Å². The minimum Gasteiger partial charge on any atom is -0.476 e. The molecule has 4 rings (SSSR count). The lowest BCUT2D eigenvalue weighted by molar-refractivity contribution is -0.158. The molecule has 2 aromatic carbocycles. The summed E-state index contributed by atoms with van der Waals surface area (Å²) in [5.41, 5.74) is 2.19. The van der Waals surface area contributed by atoms with E-state index < -0.39 is 17.1 Å². The molecule has 1 aliphatic carbocycles. The second kappa shape index (κ2) is 12.2. The zero-order valence-corrected chi connectivity index (χ0v) is 23.9. The van der Waals surface area contributed by atoms with Gasteiger partial charge >= 0.3 is 5.97 Å². The van der Waals surface area contributed by atoms with Crippen LogP contribution in [0.25, 0.3) is 5.57 Å². The number of ether oxygens (including phenoxy) is 2. The Hall–Kier alpha value is -3.41. The summed E-state index contributed by atoms with van der Waals surface area (Å²) in [6, 6.07) is 15.8. The smallest absolute Gasteiger partial charge is 0.349 e. The first-order valence-electron chi connectivity index (χ1n) is 14.3. The molecule has 208 valence electrons. The highest BCUT2D eigenvalue weighted by atomic mass is 16.6. The average molecular weight is 531 g/mol. The lowest BCUT2D eigenvalue weighted by Crippen LogP contribution is -2.43. The fourth-order valence-corrected chi connectivity index (χ4v) is 5.42. The summed E-state index contributed by atoms with van der Waals surface area (Å²) < 4.78 is 11.1. The van der Waals surface area contributed by atoms with Crippen molar-refractivity contribution in [2.75, 3.05) is 6.61 Å². The molecule has 2 aromatic rings. The molecule has 0 saturated heterocycles. The summed E-state index contributed by atoms with van der Waals surface area (Å²) in [4.78, 5) is 32.8. The topological polar surface area (TPSA) is 68.2 Å². The number of hydrogen-bond donors (Lipinski definition) is 0. The SMILES string of the molecule is C=C(c1ccc(CN2C(=O)C3(CCCCC3)N=C2CCCC)cc1)c1cccc(OC(C)(C)C(=O)OCC)c1. The van der Waals surface area contributed by atoms with Crippen LogP contribution < -0.4 is 4.74 Å². The van der Waals surface area contributed by atoms with E-state index in [-0.39, 0.29) is 5.91 Å². The number of esters is 1. The Morgan fingerprint density at radius 2 is 1.77 bits per heavy atom. The fourth-order valence-electron chi connectivity index (χ4n) is 5.42. The van der Waals surface area contributed by atoms with E-state index in [0.29, 0.717) is 18.9 Å². The number of amidine groups is 1. The summed E-state index contributed by atoms with van der Waals surface area (Å²) in [6.45, 7) is 12.5. The molecule has 6 heteroatoms. The van der Waals surface area contributed by atoms with E-state index in [1.54, 1.807) is 20.8 Å². The van der Waals surface area contributed by atoms with E-state index in [2.05, 4.69) is 25.6 Å². The molecule has 0 bridgehead atoms. The van der Waals surface area contributed by atoms with Crippen molar-refractivity contribution in [3.63, 3.8) is 0 Å². The number of carbonyl (C=O) groups excluding carboxylic acids is 2. The minimum absolute atomic E-state index is 0.185. The summed E-state index contributed by atoms with van der Waals surface area (Å²) in [7, 11) is 0. The largest absolute Gasteiger partial charge is 0.476 e. The normalized spacial score (nSPS) is 16.8. The second-order valence-electron chi connectivity index (χ2n) is 11.2. The number of rotatable bonds is 11. The van der Waals surface area contributed by atoms with Crippen molar-refractivity contribution < 1.29 is 19.1 Å². The van der Waals surface area contributed by atoms with E-state index in [4.69, 9.17) is 14.5 Å². The molecule has 1 fully saturated rings. The third-order valence-electron chi connectivity index (χ3n) is 7.70. The van der Waals surface area contributed by atoms with Gasteiger partial charge in [0.05, 0.1) is 13.2 Å². The molecule has 1 heterocycles. The summed E-state index contributed by atoms with van der Waals surface area (Å²) in [6.07, 6.45) is 8.06. The molecular weight excluding hydrogens is 488 g/mol. The number of aliphatic imine (C=N–C) groups is 1. The molecule has 0 unspecified atom stereocenters. The summed E-state index contributed by atoms with van der Waals surface area (Å²) in [5.74, 6) is 1.31. The van der Waals surface area contributed by atoms with E-state index in [1.165, 1.54) is 6.42 Å². The van der Waals surface area contributed by atoms with E-state index >= 15 is 0 Å². The second-order valence-corrected chi connectivity index (χ2v) is 11.2.